The lowest BCUT2D eigenvalue weighted by Crippen LogP contribution is -2.42. The van der Waals surface area contributed by atoms with Crippen LogP contribution in [-0.2, 0) is 4.79 Å². The average molecular weight is 384 g/mol. The van der Waals surface area contributed by atoms with E-state index >= 15 is 0 Å². The van der Waals surface area contributed by atoms with E-state index in [1.165, 1.54) is 7.11 Å². The highest BCUT2D eigenvalue weighted by Crippen LogP contribution is 2.28. The zero-order chi connectivity index (χ0) is 20.4. The van der Waals surface area contributed by atoms with E-state index in [0.29, 0.717) is 23.7 Å². The lowest BCUT2D eigenvalue weighted by molar-refractivity contribution is -0.122. The molecule has 0 aliphatic rings. The largest absolute Gasteiger partial charge is 0.493 e. The van der Waals surface area contributed by atoms with Crippen molar-refractivity contribution in [3.05, 3.63) is 59.7 Å². The molecule has 0 heterocycles. The first kappa shape index (κ1) is 21.3. The fourth-order valence-corrected chi connectivity index (χ4v) is 2.68. The molecule has 0 aliphatic heterocycles. The second kappa shape index (κ2) is 11.0. The molecule has 0 radical (unpaired) electrons. The molecule has 0 spiro atoms. The van der Waals surface area contributed by atoms with Crippen LogP contribution in [-0.4, -0.2) is 25.5 Å². The summed E-state index contributed by atoms with van der Waals surface area (Å²) in [6, 6.07) is 14.7. The van der Waals surface area contributed by atoms with Crippen LogP contribution in [0.5, 0.6) is 11.5 Å². The van der Waals surface area contributed by atoms with Gasteiger partial charge in [-0.05, 0) is 36.1 Å². The summed E-state index contributed by atoms with van der Waals surface area (Å²) in [5.74, 6) is 0.453. The number of unbranched alkanes of at least 4 members (excludes halogenated alkanes) is 1. The van der Waals surface area contributed by atoms with E-state index in [9.17, 15) is 9.59 Å². The Labute approximate surface area is 166 Å². The molecule has 0 bridgehead atoms. The van der Waals surface area contributed by atoms with Gasteiger partial charge in [-0.25, -0.2) is 0 Å². The molecule has 28 heavy (non-hydrogen) atoms. The summed E-state index contributed by atoms with van der Waals surface area (Å²) in [4.78, 5) is 24.4. The predicted molar refractivity (Wildman–Crippen MR) is 108 cm³/mol. The number of carbonyl (C=O) groups is 2. The van der Waals surface area contributed by atoms with Crippen molar-refractivity contribution in [2.24, 2.45) is 0 Å². The number of hydrazine groups is 1. The summed E-state index contributed by atoms with van der Waals surface area (Å²) in [5, 5.41) is 0. The van der Waals surface area contributed by atoms with Crippen LogP contribution in [0.3, 0.4) is 0 Å². The first-order valence-electron chi connectivity index (χ1n) is 9.50. The van der Waals surface area contributed by atoms with Crippen LogP contribution in [0.15, 0.2) is 48.5 Å². The molecule has 2 aromatic rings. The maximum Gasteiger partial charge on any atom is 0.269 e. The van der Waals surface area contributed by atoms with Crippen LogP contribution in [0.4, 0.5) is 0 Å². The van der Waals surface area contributed by atoms with E-state index in [1.54, 1.807) is 18.2 Å². The molecule has 0 aliphatic carbocycles. The summed E-state index contributed by atoms with van der Waals surface area (Å²) in [6.45, 7) is 4.65. The normalized spacial score (nSPS) is 11.4. The highest BCUT2D eigenvalue weighted by Gasteiger charge is 2.14. The number of rotatable bonds is 9. The molecule has 0 saturated carbocycles. The summed E-state index contributed by atoms with van der Waals surface area (Å²) >= 11 is 0. The van der Waals surface area contributed by atoms with Crippen molar-refractivity contribution in [2.45, 2.75) is 39.0 Å². The smallest absolute Gasteiger partial charge is 0.269 e. The van der Waals surface area contributed by atoms with Crippen molar-refractivity contribution >= 4 is 11.8 Å². The molecule has 0 fully saturated rings. The molecule has 2 amide bonds. The summed E-state index contributed by atoms with van der Waals surface area (Å²) < 4.78 is 11.0. The number of benzene rings is 2. The van der Waals surface area contributed by atoms with Crippen LogP contribution in [0, 0.1) is 0 Å². The number of hydrogen-bond donors (Lipinski definition) is 2. The summed E-state index contributed by atoms with van der Waals surface area (Å²) in [6.07, 6.45) is 2.25. The quantitative estimate of drug-likeness (QED) is 0.509. The van der Waals surface area contributed by atoms with Crippen LogP contribution in [0.1, 0.15) is 54.9 Å². The van der Waals surface area contributed by atoms with E-state index in [4.69, 9.17) is 9.47 Å². The lowest BCUT2D eigenvalue weighted by atomic mass is 9.98. The average Bonchev–Trinajstić information content (AvgIpc) is 2.73. The number of nitrogens with one attached hydrogen (secondary N) is 2. The highest BCUT2D eigenvalue weighted by atomic mass is 16.5. The molecule has 6 nitrogen and oxygen atoms in total. The van der Waals surface area contributed by atoms with Crippen LogP contribution in [0.2, 0.25) is 0 Å². The van der Waals surface area contributed by atoms with Gasteiger partial charge in [-0.2, -0.15) is 0 Å². The Kier molecular flexibility index (Phi) is 8.34. The third kappa shape index (κ3) is 6.30. The van der Waals surface area contributed by atoms with E-state index < -0.39 is 5.91 Å². The molecule has 2 N–H and O–H groups in total. The Hall–Kier alpha value is -3.02. The monoisotopic (exact) mass is 384 g/mol. The van der Waals surface area contributed by atoms with Gasteiger partial charge in [0, 0.05) is 12.0 Å². The second-order valence-corrected chi connectivity index (χ2v) is 6.59. The van der Waals surface area contributed by atoms with Gasteiger partial charge in [-0.3, -0.25) is 20.4 Å². The minimum Gasteiger partial charge on any atom is -0.493 e. The zero-order valence-electron chi connectivity index (χ0n) is 16.7. The molecule has 6 heteroatoms. The molecule has 2 rings (SSSR count). The Balaban J connectivity index is 1.89. The summed E-state index contributed by atoms with van der Waals surface area (Å²) in [7, 11) is 1.52. The van der Waals surface area contributed by atoms with Gasteiger partial charge in [0.1, 0.15) is 0 Å². The van der Waals surface area contributed by atoms with Crippen LogP contribution < -0.4 is 20.3 Å². The van der Waals surface area contributed by atoms with Gasteiger partial charge in [0.2, 0.25) is 5.91 Å². The fourth-order valence-electron chi connectivity index (χ4n) is 2.68. The summed E-state index contributed by atoms with van der Waals surface area (Å²) in [5.41, 5.74) is 6.36. The van der Waals surface area contributed by atoms with E-state index in [-0.39, 0.29) is 18.2 Å². The molecular weight excluding hydrogens is 356 g/mol. The number of ether oxygens (including phenoxy) is 2. The first-order valence-corrected chi connectivity index (χ1v) is 9.50. The lowest BCUT2D eigenvalue weighted by Gasteiger charge is -2.14. The van der Waals surface area contributed by atoms with Gasteiger partial charge in [-0.1, -0.05) is 50.6 Å². The Bertz CT molecular complexity index is 777. The minimum absolute atomic E-state index is 0.0535. The minimum atomic E-state index is -0.417. The van der Waals surface area contributed by atoms with Crippen molar-refractivity contribution in [3.8, 4) is 11.5 Å². The zero-order valence-corrected chi connectivity index (χ0v) is 16.7. The van der Waals surface area contributed by atoms with Crippen LogP contribution >= 0.6 is 0 Å². The second-order valence-electron chi connectivity index (χ2n) is 6.59. The Morgan fingerprint density at radius 2 is 1.79 bits per heavy atom. The van der Waals surface area contributed by atoms with Gasteiger partial charge < -0.3 is 9.47 Å². The Morgan fingerprint density at radius 1 is 1.04 bits per heavy atom. The first-order chi connectivity index (χ1) is 13.5. The standard InChI is InChI=1S/C22H28N2O4/c1-4-5-13-28-19-12-11-18(15-20(19)27-3)22(26)24-23-21(25)14-16(2)17-9-7-6-8-10-17/h6-12,15-16H,4-5,13-14H2,1-3H3,(H,23,25)(H,24,26). The Morgan fingerprint density at radius 3 is 2.46 bits per heavy atom. The maximum absolute atomic E-state index is 12.3. The van der Waals surface area contributed by atoms with Gasteiger partial charge in [0.05, 0.1) is 13.7 Å². The van der Waals surface area contributed by atoms with Gasteiger partial charge >= 0.3 is 0 Å². The molecule has 1 unspecified atom stereocenters. The maximum atomic E-state index is 12.3. The molecule has 0 saturated heterocycles. The van der Waals surface area contributed by atoms with E-state index in [2.05, 4.69) is 17.8 Å². The number of hydrogen-bond acceptors (Lipinski definition) is 4. The topological polar surface area (TPSA) is 76.7 Å². The molecule has 1 atom stereocenters. The van der Waals surface area contributed by atoms with E-state index in [0.717, 1.165) is 18.4 Å². The van der Waals surface area contributed by atoms with Crippen LogP contribution in [0.25, 0.3) is 0 Å². The molecule has 0 aromatic heterocycles. The van der Waals surface area contributed by atoms with Crippen molar-refractivity contribution in [2.75, 3.05) is 13.7 Å². The van der Waals surface area contributed by atoms with Gasteiger partial charge in [0.15, 0.2) is 11.5 Å². The van der Waals surface area contributed by atoms with Crippen molar-refractivity contribution in [3.63, 3.8) is 0 Å². The third-order valence-electron chi connectivity index (χ3n) is 4.36. The van der Waals surface area contributed by atoms with Gasteiger partial charge in [-0.15, -0.1) is 0 Å². The van der Waals surface area contributed by atoms with Crippen molar-refractivity contribution in [1.29, 1.82) is 0 Å². The number of carbonyl (C=O) groups excluding carboxylic acids is 2. The van der Waals surface area contributed by atoms with E-state index in [1.807, 2.05) is 37.3 Å². The number of amides is 2. The molecule has 150 valence electrons. The molecule has 2 aromatic carbocycles. The van der Waals surface area contributed by atoms with Gasteiger partial charge in [0.25, 0.3) is 5.91 Å². The SMILES string of the molecule is CCCCOc1ccc(C(=O)NNC(=O)CC(C)c2ccccc2)cc1OC. The molecular formula is C22H28N2O4. The fraction of sp³-hybridized carbons (Fsp3) is 0.364. The third-order valence-corrected chi connectivity index (χ3v) is 4.36. The number of methoxy groups -OCH3 is 1. The predicted octanol–water partition coefficient (Wildman–Crippen LogP) is 3.83. The van der Waals surface area contributed by atoms with Crippen molar-refractivity contribution in [1.82, 2.24) is 10.9 Å². The van der Waals surface area contributed by atoms with Crippen molar-refractivity contribution < 1.29 is 19.1 Å². The highest BCUT2D eigenvalue weighted by molar-refractivity contribution is 5.96.